The van der Waals surface area contributed by atoms with Gasteiger partial charge in [-0.15, -0.1) is 0 Å². The van der Waals surface area contributed by atoms with Crippen LogP contribution in [0.25, 0.3) is 117 Å². The highest BCUT2D eigenvalue weighted by molar-refractivity contribution is 5.86. The molecule has 0 unspecified atom stereocenters. The molecule has 0 atom stereocenters. The van der Waals surface area contributed by atoms with Crippen LogP contribution in [0.5, 0.6) is 0 Å². The standard InChI is InChI=1S/C29H40N2.C23H28N2.C22H23F3N2.C22H21F2N3.C21H22F2N2/c1-19-14-12-16-30(10)26(19)24-21(3)25(27-20(2)15-13-17-31(27)11)23(29(7,8)9)18-22(24)28(4,5)6;1-15-10-8-12-24(6)22(15)20-17(3)14-18(4)21(19(20)5)23-16(2)11-9-13-25(23)7;1-14-8-6-10-26(4)20(14)18-12-17(22(23,24)25)13-19(16(18)3)21-15(2)9-7-11-27(21)5;1-13-9-7-11-26(5)21(13)16-15(3)17(19(24)20(25-4)18(16)23)22-14(2)10-8-12-27(22)6;1-13-8-6-10-24(4)20(13)18-15(3)19(17(23)12-16(18)22)21-14(2)9-7-11-25(21)5/h12-18H,1-11H3;8-14H,1-7H3;6-13H,1-5H3;7-12H,1-3,5-6H3;6-12H,1-5H3/q5*+2. The Morgan fingerprint density at radius 1 is 0.237 bits per heavy atom. The molecule has 15 aromatic rings. The van der Waals surface area contributed by atoms with E-state index in [4.69, 9.17) is 6.57 Å². The van der Waals surface area contributed by atoms with Gasteiger partial charge >= 0.3 is 6.18 Å². The lowest BCUT2D eigenvalue weighted by molar-refractivity contribution is -0.661. The first-order valence-electron chi connectivity index (χ1n) is 45.8. The van der Waals surface area contributed by atoms with Crippen molar-refractivity contribution in [1.29, 1.82) is 0 Å². The van der Waals surface area contributed by atoms with Gasteiger partial charge in [-0.1, -0.05) is 53.7 Å². The molecule has 18 heteroatoms. The van der Waals surface area contributed by atoms with Gasteiger partial charge in [-0.05, 0) is 251 Å². The van der Waals surface area contributed by atoms with Gasteiger partial charge < -0.3 is 0 Å². The zero-order valence-electron chi connectivity index (χ0n) is 85.3. The molecule has 5 aromatic carbocycles. The molecule has 10 aromatic heterocycles. The number of nitrogens with zero attached hydrogens (tertiary/aromatic N) is 11. The van der Waals surface area contributed by atoms with E-state index in [-0.39, 0.29) is 22.0 Å². The maximum atomic E-state index is 15.3. The van der Waals surface area contributed by atoms with Crippen LogP contribution >= 0.6 is 0 Å². The van der Waals surface area contributed by atoms with Crippen LogP contribution in [0.4, 0.5) is 36.4 Å². The van der Waals surface area contributed by atoms with E-state index in [0.29, 0.717) is 44.8 Å². The first-order valence-corrected chi connectivity index (χ1v) is 45.8. The zero-order valence-corrected chi connectivity index (χ0v) is 85.3. The minimum Gasteiger partial charge on any atom is -0.232 e. The van der Waals surface area contributed by atoms with Gasteiger partial charge in [0.1, 0.15) is 93.7 Å². The van der Waals surface area contributed by atoms with Gasteiger partial charge in [-0.3, -0.25) is 0 Å². The number of hydrogen-bond acceptors (Lipinski definition) is 0. The molecule has 135 heavy (non-hydrogen) atoms. The predicted octanol–water partition coefficient (Wildman–Crippen LogP) is 23.3. The Balaban J connectivity index is 0.000000163. The second-order valence-corrected chi connectivity index (χ2v) is 38.6. The van der Waals surface area contributed by atoms with Crippen LogP contribution in [-0.4, -0.2) is 0 Å². The Bertz CT molecular complexity index is 6440. The molecule has 15 rings (SSSR count). The van der Waals surface area contributed by atoms with E-state index in [0.717, 1.165) is 67.8 Å². The summed E-state index contributed by atoms with van der Waals surface area (Å²) in [4.78, 5) is 3.18. The monoisotopic (exact) mass is 1830 g/mol. The Kier molecular flexibility index (Phi) is 30.9. The van der Waals surface area contributed by atoms with Crippen LogP contribution in [0.2, 0.25) is 0 Å². The van der Waals surface area contributed by atoms with Crippen molar-refractivity contribution in [2.75, 3.05) is 0 Å². The Morgan fingerprint density at radius 3 is 0.659 bits per heavy atom. The van der Waals surface area contributed by atoms with Crippen molar-refractivity contribution in [3.8, 4) is 113 Å². The molecule has 0 N–H and O–H groups in total. The summed E-state index contributed by atoms with van der Waals surface area (Å²) < 4.78 is 121. The SMILES string of the molecule is Cc1cc(C)c(-c2c(C)ccc[n+]2C)c(C)c1-c1c(C)ccc[n+]1C.Cc1ccc[n+](C)c1-c1c(C(C)(C)C)cc(C(C)(C)C)c(-c2c(C)ccc[n+]2C)c1C.Cc1ccc[n+](C)c1-c1c(F)cc(F)c(-c2c(C)ccc[n+]2C)c1C.Cc1ccc[n+](C)c1-c1cc(C(F)(F)F)cc(-c2c(C)ccc[n+]2C)c1C.[C-]#[N+]c1c(F)c(-c2c(C)ccc[n+]2C)c(C)c(-c2c(C)ccc[n+]2C)c1F. The third-order valence-corrected chi connectivity index (χ3v) is 26.3. The molecule has 0 saturated carbocycles. The second kappa shape index (κ2) is 40.8. The summed E-state index contributed by atoms with van der Waals surface area (Å²) in [5.74, 6) is -2.71. The summed E-state index contributed by atoms with van der Waals surface area (Å²) >= 11 is 0. The highest BCUT2D eigenvalue weighted by atomic mass is 19.4. The third kappa shape index (κ3) is 20.7. The van der Waals surface area contributed by atoms with Crippen LogP contribution in [-0.2, 0) is 87.5 Å². The Hall–Kier alpha value is -13.4. The summed E-state index contributed by atoms with van der Waals surface area (Å²) in [6.45, 7) is 56.1. The fourth-order valence-corrected chi connectivity index (χ4v) is 19.9. The van der Waals surface area contributed by atoms with Crippen LogP contribution in [0.15, 0.2) is 214 Å². The molecule has 0 aliphatic carbocycles. The summed E-state index contributed by atoms with van der Waals surface area (Å²) in [5.41, 5.74) is 37.3. The third-order valence-electron chi connectivity index (χ3n) is 26.3. The van der Waals surface area contributed by atoms with Crippen molar-refractivity contribution < 1.29 is 76.4 Å². The molecule has 0 spiro atoms. The van der Waals surface area contributed by atoms with E-state index in [2.05, 4.69) is 234 Å². The van der Waals surface area contributed by atoms with Crippen molar-refractivity contribution in [1.82, 2.24) is 0 Å². The number of rotatable bonds is 10. The molecular formula is C117H134F7N11+10. The smallest absolute Gasteiger partial charge is 0.232 e. The normalized spacial score (nSPS) is 11.4. The molecule has 0 saturated heterocycles. The molecule has 0 aliphatic heterocycles. The van der Waals surface area contributed by atoms with Gasteiger partial charge in [0.05, 0.1) is 67.8 Å². The lowest BCUT2D eigenvalue weighted by Gasteiger charge is -2.31. The van der Waals surface area contributed by atoms with Crippen LogP contribution in [0.1, 0.15) is 153 Å². The fourth-order valence-electron chi connectivity index (χ4n) is 19.9. The average molecular weight is 1830 g/mol. The first-order chi connectivity index (χ1) is 63.3. The van der Waals surface area contributed by atoms with Crippen molar-refractivity contribution in [2.24, 2.45) is 70.5 Å². The molecule has 0 amide bonds. The molecule has 0 radical (unpaired) electrons. The number of pyridine rings is 10. The van der Waals surface area contributed by atoms with E-state index in [1.807, 2.05) is 219 Å². The summed E-state index contributed by atoms with van der Waals surface area (Å²) in [6.07, 6.45) is 15.3. The molecule has 0 aliphatic rings. The number of benzene rings is 5. The lowest BCUT2D eigenvalue weighted by Crippen LogP contribution is -2.35. The minimum absolute atomic E-state index is 0.0296. The topological polar surface area (TPSA) is 43.2 Å². The van der Waals surface area contributed by atoms with E-state index in [1.165, 1.54) is 113 Å². The van der Waals surface area contributed by atoms with E-state index < -0.39 is 40.7 Å². The molecule has 0 bridgehead atoms. The van der Waals surface area contributed by atoms with Crippen LogP contribution < -0.4 is 45.7 Å². The summed E-state index contributed by atoms with van der Waals surface area (Å²) in [6, 6.07) is 48.5. The largest absolute Gasteiger partial charge is 0.416 e. The Labute approximate surface area is 796 Å². The van der Waals surface area contributed by atoms with Gasteiger partial charge in [0, 0.05) is 122 Å². The summed E-state index contributed by atoms with van der Waals surface area (Å²) in [7, 11) is 19.7. The van der Waals surface area contributed by atoms with Gasteiger partial charge in [0.15, 0.2) is 62.0 Å². The fraction of sp³-hybridized carbons (Fsp3) is 0.308. The van der Waals surface area contributed by atoms with Gasteiger partial charge in [0.25, 0.3) is 5.69 Å². The van der Waals surface area contributed by atoms with Crippen LogP contribution in [0.3, 0.4) is 0 Å². The number of aryl methyl sites for hydroxylation is 22. The average Bonchev–Trinajstić information content (AvgIpc) is 0.725. The van der Waals surface area contributed by atoms with Crippen LogP contribution in [0, 0.1) is 148 Å². The van der Waals surface area contributed by atoms with Crippen molar-refractivity contribution in [2.45, 2.75) is 176 Å². The van der Waals surface area contributed by atoms with Gasteiger partial charge in [0.2, 0.25) is 56.9 Å². The lowest BCUT2D eigenvalue weighted by atomic mass is 9.72. The highest BCUT2D eigenvalue weighted by Crippen LogP contribution is 2.48. The van der Waals surface area contributed by atoms with Gasteiger partial charge in [-0.2, -0.15) is 13.2 Å². The van der Waals surface area contributed by atoms with Crippen molar-refractivity contribution in [3.63, 3.8) is 0 Å². The zero-order chi connectivity index (χ0) is 99.7. The first kappa shape index (κ1) is 102. The number of hydrogen-bond donors (Lipinski definition) is 0. The maximum absolute atomic E-state index is 15.3. The number of aromatic nitrogens is 10. The van der Waals surface area contributed by atoms with Gasteiger partial charge in [-0.25, -0.2) is 68.1 Å². The van der Waals surface area contributed by atoms with Crippen molar-refractivity contribution >= 4 is 5.69 Å². The minimum atomic E-state index is -4.42. The molecule has 11 nitrogen and oxygen atoms in total. The number of halogens is 7. The quantitative estimate of drug-likeness (QED) is 0.0744. The molecule has 10 heterocycles. The van der Waals surface area contributed by atoms with E-state index >= 15 is 8.78 Å². The number of alkyl halides is 3. The highest BCUT2D eigenvalue weighted by Gasteiger charge is 2.40. The Morgan fingerprint density at radius 2 is 0.437 bits per heavy atom. The van der Waals surface area contributed by atoms with Crippen molar-refractivity contribution in [3.05, 3.63) is 360 Å². The molecule has 0 fully saturated rings. The second-order valence-electron chi connectivity index (χ2n) is 38.6. The predicted molar refractivity (Wildman–Crippen MR) is 527 cm³/mol. The molecule has 696 valence electrons. The maximum Gasteiger partial charge on any atom is 0.416 e. The summed E-state index contributed by atoms with van der Waals surface area (Å²) in [5, 5.41) is 0. The molecular weight excluding hydrogens is 1690 g/mol. The van der Waals surface area contributed by atoms with E-state index in [1.54, 1.807) is 23.0 Å². The van der Waals surface area contributed by atoms with E-state index in [9.17, 15) is 22.0 Å².